The number of hydrogen-bond donors (Lipinski definition) is 2. The summed E-state index contributed by atoms with van der Waals surface area (Å²) in [6, 6.07) is 0. The maximum atomic E-state index is 3.59. The van der Waals surface area contributed by atoms with E-state index in [2.05, 4.69) is 17.9 Å². The average Bonchev–Trinajstić information content (AvgIpc) is 2.68. The minimum absolute atomic E-state index is 0. The Hall–Kier alpha value is 0.753. The van der Waals surface area contributed by atoms with Crippen molar-refractivity contribution in [3.05, 3.63) is 0 Å². The number of rotatable bonds is 0. The Morgan fingerprint density at radius 2 is 1.50 bits per heavy atom. The van der Waals surface area contributed by atoms with E-state index < -0.39 is 15.3 Å². The number of nitrogens with zero attached hydrogens (tertiary/aromatic N) is 2. The van der Waals surface area contributed by atoms with E-state index in [0.29, 0.717) is 0 Å². The Morgan fingerprint density at radius 1 is 1.00 bits per heavy atom. The van der Waals surface area contributed by atoms with E-state index in [1.165, 1.54) is 26.2 Å². The van der Waals surface area contributed by atoms with Gasteiger partial charge in [-0.2, -0.15) is 0 Å². The molecule has 12 heavy (non-hydrogen) atoms. The Labute approximate surface area is 81.4 Å². The van der Waals surface area contributed by atoms with E-state index in [0.717, 1.165) is 9.52 Å². The summed E-state index contributed by atoms with van der Waals surface area (Å²) in [5.74, 6) is 0. The smallest absolute Gasteiger partial charge is 0.147 e. The monoisotopic (exact) mass is 278 g/mol. The van der Waals surface area contributed by atoms with Crippen LogP contribution in [0.5, 0.6) is 0 Å². The molecule has 4 atom stereocenters. The summed E-state index contributed by atoms with van der Waals surface area (Å²) in [4.78, 5) is 0. The van der Waals surface area contributed by atoms with Crippen molar-refractivity contribution in [2.45, 2.75) is 9.52 Å². The molecule has 4 heterocycles. The van der Waals surface area contributed by atoms with E-state index in [1.807, 2.05) is 0 Å². The van der Waals surface area contributed by atoms with Gasteiger partial charge in [-0.25, -0.2) is 0 Å². The number of nitrogens with one attached hydrogen (secondary N) is 2. The van der Waals surface area contributed by atoms with Crippen LogP contribution in [-0.4, -0.2) is 43.0 Å². The van der Waals surface area contributed by atoms with Crippen LogP contribution in [0.3, 0.4) is 0 Å². The molecule has 0 aromatic heterocycles. The van der Waals surface area contributed by atoms with Gasteiger partial charge in [0, 0.05) is 0 Å². The van der Waals surface area contributed by atoms with Crippen molar-refractivity contribution in [3.63, 3.8) is 0 Å². The third-order valence-electron chi connectivity index (χ3n) is 2.87. The van der Waals surface area contributed by atoms with E-state index in [-0.39, 0.29) is 12.4 Å². The minimum Gasteiger partial charge on any atom is -0.147 e. The van der Waals surface area contributed by atoms with Crippen LogP contribution < -0.4 is 10.6 Å². The molecule has 6 heteroatoms. The minimum atomic E-state index is -1.28. The summed E-state index contributed by atoms with van der Waals surface area (Å²) < 4.78 is 7.22. The van der Waals surface area contributed by atoms with Crippen LogP contribution in [0.2, 0.25) is 0 Å². The summed E-state index contributed by atoms with van der Waals surface area (Å²) in [5.41, 5.74) is 0. The Bertz CT molecular complexity index is 190. The van der Waals surface area contributed by atoms with Crippen LogP contribution in [0.1, 0.15) is 0 Å². The third kappa shape index (κ3) is 0.616. The second-order valence-corrected chi connectivity index (χ2v) is 9.95. The van der Waals surface area contributed by atoms with Crippen molar-refractivity contribution in [2.75, 3.05) is 26.2 Å². The molecular formula is C6H13ClN4Ru. The maximum absolute atomic E-state index is 3.59. The fourth-order valence-electron chi connectivity index (χ4n) is 2.36. The van der Waals surface area contributed by atoms with Crippen molar-refractivity contribution in [2.24, 2.45) is 0 Å². The van der Waals surface area contributed by atoms with Gasteiger partial charge in [-0.05, 0) is 0 Å². The van der Waals surface area contributed by atoms with Crippen LogP contribution in [0.15, 0.2) is 0 Å². The molecule has 4 rings (SSSR count). The van der Waals surface area contributed by atoms with Gasteiger partial charge < -0.3 is 0 Å². The van der Waals surface area contributed by atoms with Gasteiger partial charge in [0.15, 0.2) is 0 Å². The first-order chi connectivity index (χ1) is 5.45. The Balaban J connectivity index is 0.000000490. The number of fused-ring (bicyclic) bond motifs is 6. The summed E-state index contributed by atoms with van der Waals surface area (Å²) >= 11 is -1.28. The zero-order chi connectivity index (χ0) is 7.05. The molecule has 0 aromatic rings. The molecule has 0 radical (unpaired) electrons. The molecule has 1 spiro atoms. The first-order valence-electron chi connectivity index (χ1n) is 4.16. The van der Waals surface area contributed by atoms with Crippen molar-refractivity contribution < 1.29 is 15.3 Å². The molecule has 0 aliphatic carbocycles. The average molecular weight is 278 g/mol. The van der Waals surface area contributed by atoms with Crippen molar-refractivity contribution >= 4 is 12.4 Å². The van der Waals surface area contributed by atoms with Crippen molar-refractivity contribution in [1.82, 2.24) is 17.9 Å². The second kappa shape index (κ2) is 2.22. The third-order valence-corrected chi connectivity index (χ3v) is 11.4. The van der Waals surface area contributed by atoms with E-state index in [1.54, 1.807) is 0 Å². The summed E-state index contributed by atoms with van der Waals surface area (Å²) in [6.45, 7) is 5.11. The van der Waals surface area contributed by atoms with Gasteiger partial charge in [-0.1, -0.05) is 0 Å². The molecule has 0 aromatic carbocycles. The van der Waals surface area contributed by atoms with Crippen molar-refractivity contribution in [3.8, 4) is 0 Å². The first kappa shape index (κ1) is 8.09. The van der Waals surface area contributed by atoms with E-state index in [4.69, 9.17) is 0 Å². The largest absolute Gasteiger partial charge is 0.147 e. The van der Waals surface area contributed by atoms with E-state index in [9.17, 15) is 0 Å². The molecular weight excluding hydrogens is 265 g/mol. The molecule has 4 unspecified atom stereocenters. The van der Waals surface area contributed by atoms with Crippen LogP contribution in [-0.2, 0) is 15.3 Å². The zero-order valence-corrected chi connectivity index (χ0v) is 9.19. The summed E-state index contributed by atoms with van der Waals surface area (Å²) in [6.07, 6.45) is 0. The van der Waals surface area contributed by atoms with Gasteiger partial charge >= 0.3 is 68.9 Å². The van der Waals surface area contributed by atoms with Gasteiger partial charge in [0.1, 0.15) is 0 Å². The standard InChI is InChI=1S/2C3H6N2.ClH.Ru/c2*1-2-5-3-4-1;;/h2*3-4H,1-2H2;1H;/q2*-1;;+2. The van der Waals surface area contributed by atoms with Crippen molar-refractivity contribution in [1.29, 1.82) is 0 Å². The molecule has 0 bridgehead atoms. The predicted octanol–water partition coefficient (Wildman–Crippen LogP) is -1.20. The van der Waals surface area contributed by atoms with E-state index >= 15 is 0 Å². The van der Waals surface area contributed by atoms with Crippen LogP contribution in [0.25, 0.3) is 0 Å². The maximum Gasteiger partial charge on any atom is -0.147 e. The number of halogens is 1. The first-order valence-corrected chi connectivity index (χ1v) is 7.72. The van der Waals surface area contributed by atoms with Crippen LogP contribution in [0.4, 0.5) is 0 Å². The molecule has 4 fully saturated rings. The zero-order valence-electron chi connectivity index (χ0n) is 6.64. The normalized spacial score (nSPS) is 69.3. The van der Waals surface area contributed by atoms with Crippen LogP contribution >= 0.6 is 12.4 Å². The topological polar surface area (TPSA) is 30.1 Å². The van der Waals surface area contributed by atoms with Gasteiger partial charge in [-0.3, -0.25) is 0 Å². The molecule has 0 saturated carbocycles. The van der Waals surface area contributed by atoms with Gasteiger partial charge in [0.05, 0.1) is 0 Å². The Kier molecular flexibility index (Phi) is 1.50. The SMILES string of the molecule is C1C[N]2[CH](N1)[Ru]21[CH]2NCC[N]21.Cl. The quantitative estimate of drug-likeness (QED) is 0.430. The molecule has 4 aliphatic rings. The van der Waals surface area contributed by atoms with Crippen LogP contribution in [0, 0.1) is 0 Å². The summed E-state index contributed by atoms with van der Waals surface area (Å²) in [7, 11) is 0. The molecule has 4 saturated heterocycles. The molecule has 2 N–H and O–H groups in total. The summed E-state index contributed by atoms with van der Waals surface area (Å²) in [5, 5.41) is 7.19. The fraction of sp³-hybridized carbons (Fsp3) is 1.00. The van der Waals surface area contributed by atoms with Gasteiger partial charge in [0.2, 0.25) is 0 Å². The molecule has 4 nitrogen and oxygen atoms in total. The van der Waals surface area contributed by atoms with Gasteiger partial charge in [-0.15, -0.1) is 12.4 Å². The molecule has 4 aliphatic heterocycles. The fourth-order valence-corrected chi connectivity index (χ4v) is 12.7. The molecule has 0 amide bonds. The Morgan fingerprint density at radius 3 is 1.83 bits per heavy atom. The number of hydrogen-bond acceptors (Lipinski definition) is 4. The predicted molar refractivity (Wildman–Crippen MR) is 44.2 cm³/mol. The second-order valence-electron chi connectivity index (χ2n) is 3.33. The van der Waals surface area contributed by atoms with Gasteiger partial charge in [0.25, 0.3) is 0 Å². The molecule has 72 valence electrons.